The highest BCUT2D eigenvalue weighted by atomic mass is 16.3. The van der Waals surface area contributed by atoms with E-state index in [-0.39, 0.29) is 0 Å². The van der Waals surface area contributed by atoms with Crippen LogP contribution in [0.3, 0.4) is 0 Å². The average molecular weight is 819 g/mol. The second kappa shape index (κ2) is 14.5. The number of fused-ring (bicyclic) bond motifs is 9. The Balaban J connectivity index is 1.01. The van der Waals surface area contributed by atoms with Crippen molar-refractivity contribution in [2.45, 2.75) is 0 Å². The van der Waals surface area contributed by atoms with Gasteiger partial charge < -0.3 is 18.3 Å². The predicted octanol–water partition coefficient (Wildman–Crippen LogP) is 17.1. The lowest BCUT2D eigenvalue weighted by Gasteiger charge is -2.27. The van der Waals surface area contributed by atoms with Crippen LogP contribution in [0.15, 0.2) is 239 Å². The molecular formula is C60H38N2O2. The van der Waals surface area contributed by atoms with Crippen molar-refractivity contribution >= 4 is 82.7 Å². The van der Waals surface area contributed by atoms with Crippen molar-refractivity contribution in [3.63, 3.8) is 0 Å². The Labute approximate surface area is 369 Å². The van der Waals surface area contributed by atoms with Crippen LogP contribution in [0, 0.1) is 0 Å². The topological polar surface area (TPSA) is 34.5 Å². The number of hydrogen-bond donors (Lipinski definition) is 0. The summed E-state index contributed by atoms with van der Waals surface area (Å²) in [6.07, 6.45) is 0. The van der Waals surface area contributed by atoms with Crippen LogP contribution in [0.25, 0.3) is 105 Å². The van der Waals surface area contributed by atoms with E-state index in [1.54, 1.807) is 0 Å². The van der Waals surface area contributed by atoms with E-state index in [1.807, 2.05) is 18.2 Å². The van der Waals surface area contributed by atoms with Crippen LogP contribution in [0.1, 0.15) is 0 Å². The average Bonchev–Trinajstić information content (AvgIpc) is 4.05. The van der Waals surface area contributed by atoms with E-state index < -0.39 is 0 Å². The van der Waals surface area contributed by atoms with Gasteiger partial charge in [-0.05, 0) is 95.1 Å². The molecule has 0 saturated carbocycles. The van der Waals surface area contributed by atoms with E-state index in [0.29, 0.717) is 0 Å². The number of furan rings is 2. The van der Waals surface area contributed by atoms with Crippen LogP contribution in [0.4, 0.5) is 17.1 Å². The third kappa shape index (κ3) is 5.77. The molecule has 0 saturated heterocycles. The van der Waals surface area contributed by atoms with Crippen LogP contribution in [-0.4, -0.2) is 4.57 Å². The second-order valence-corrected chi connectivity index (χ2v) is 16.5. The monoisotopic (exact) mass is 818 g/mol. The molecule has 0 unspecified atom stereocenters. The largest absolute Gasteiger partial charge is 0.455 e. The maximum absolute atomic E-state index is 6.78. The van der Waals surface area contributed by atoms with Crippen molar-refractivity contribution in [1.29, 1.82) is 0 Å². The van der Waals surface area contributed by atoms with Gasteiger partial charge in [-0.1, -0.05) is 158 Å². The highest BCUT2D eigenvalue weighted by Gasteiger charge is 2.22. The summed E-state index contributed by atoms with van der Waals surface area (Å²) >= 11 is 0. The standard InChI is InChI=1S/C60H38N2O2/c1-2-14-39(15-3-1)40-28-32-43(33-29-40)61(45-17-12-16-42(36-45)47-22-13-23-52-50-20-6-10-26-57(50)63-59(47)52)46-37-53(60-54(38-46)51-21-7-11-27-58(51)64-60)41-30-34-44(35-31-41)62-55-24-8-4-18-48(55)49-19-5-9-25-56(49)62/h1-38H. The maximum atomic E-state index is 6.78. The fourth-order valence-electron chi connectivity index (χ4n) is 9.81. The first-order chi connectivity index (χ1) is 31.7. The minimum atomic E-state index is 0.859. The molecular weight excluding hydrogens is 781 g/mol. The minimum Gasteiger partial charge on any atom is -0.455 e. The van der Waals surface area contributed by atoms with Gasteiger partial charge in [0.25, 0.3) is 0 Å². The van der Waals surface area contributed by atoms with Crippen molar-refractivity contribution in [3.05, 3.63) is 231 Å². The van der Waals surface area contributed by atoms with E-state index >= 15 is 0 Å². The van der Waals surface area contributed by atoms with E-state index in [0.717, 1.165) is 94.4 Å². The summed E-state index contributed by atoms with van der Waals surface area (Å²) in [5.74, 6) is 0. The molecule has 4 heteroatoms. The Kier molecular flexibility index (Phi) is 8.18. The number of aromatic nitrogens is 1. The quantitative estimate of drug-likeness (QED) is 0.161. The lowest BCUT2D eigenvalue weighted by atomic mass is 9.98. The van der Waals surface area contributed by atoms with Gasteiger partial charge in [0, 0.05) is 66.2 Å². The predicted molar refractivity (Wildman–Crippen MR) is 266 cm³/mol. The third-order valence-corrected chi connectivity index (χ3v) is 12.8. The Bertz CT molecular complexity index is 3840. The Hall–Kier alpha value is -8.60. The summed E-state index contributed by atoms with van der Waals surface area (Å²) in [4.78, 5) is 2.37. The fourth-order valence-corrected chi connectivity index (χ4v) is 9.81. The van der Waals surface area contributed by atoms with Crippen LogP contribution in [0.5, 0.6) is 0 Å². The minimum absolute atomic E-state index is 0.859. The van der Waals surface area contributed by atoms with Crippen LogP contribution in [0.2, 0.25) is 0 Å². The van der Waals surface area contributed by atoms with Gasteiger partial charge in [0.1, 0.15) is 22.3 Å². The SMILES string of the molecule is c1ccc(-c2ccc(N(c3cccc(-c4cccc5c4oc4ccccc45)c3)c3cc(-c4ccc(-n5c6ccccc6c6ccccc65)cc4)c4oc5ccccc5c4c3)cc2)cc1. The van der Waals surface area contributed by atoms with E-state index in [1.165, 1.54) is 27.4 Å². The number of rotatable bonds is 7. The summed E-state index contributed by atoms with van der Waals surface area (Å²) in [6.45, 7) is 0. The molecule has 0 spiro atoms. The molecule has 4 nitrogen and oxygen atoms in total. The summed E-state index contributed by atoms with van der Waals surface area (Å²) in [7, 11) is 0. The zero-order valence-electron chi connectivity index (χ0n) is 34.7. The van der Waals surface area contributed by atoms with E-state index in [9.17, 15) is 0 Å². The van der Waals surface area contributed by atoms with E-state index in [4.69, 9.17) is 8.83 Å². The zero-order chi connectivity index (χ0) is 42.1. The Morgan fingerprint density at radius 1 is 0.297 bits per heavy atom. The molecule has 0 fully saturated rings. The first kappa shape index (κ1) is 36.1. The summed E-state index contributed by atoms with van der Waals surface area (Å²) in [5.41, 5.74) is 16.6. The van der Waals surface area contributed by atoms with Gasteiger partial charge in [0.05, 0.1) is 11.0 Å². The number of hydrogen-bond acceptors (Lipinski definition) is 3. The molecule has 64 heavy (non-hydrogen) atoms. The normalized spacial score (nSPS) is 11.8. The van der Waals surface area contributed by atoms with Crippen LogP contribution >= 0.6 is 0 Å². The van der Waals surface area contributed by atoms with Gasteiger partial charge >= 0.3 is 0 Å². The van der Waals surface area contributed by atoms with Crippen molar-refractivity contribution < 1.29 is 8.83 Å². The maximum Gasteiger partial charge on any atom is 0.143 e. The highest BCUT2D eigenvalue weighted by molar-refractivity contribution is 6.13. The molecule has 0 radical (unpaired) electrons. The molecule has 0 aliphatic rings. The third-order valence-electron chi connectivity index (χ3n) is 12.8. The number of para-hydroxylation sites is 5. The smallest absolute Gasteiger partial charge is 0.143 e. The highest BCUT2D eigenvalue weighted by Crippen LogP contribution is 2.45. The fraction of sp³-hybridized carbons (Fsp3) is 0. The molecule has 13 rings (SSSR count). The molecule has 0 aliphatic carbocycles. The lowest BCUT2D eigenvalue weighted by Crippen LogP contribution is -2.10. The van der Waals surface area contributed by atoms with E-state index in [2.05, 4.69) is 222 Å². The molecule has 0 amide bonds. The molecule has 0 atom stereocenters. The van der Waals surface area contributed by atoms with Crippen molar-refractivity contribution in [1.82, 2.24) is 4.57 Å². The number of benzene rings is 10. The van der Waals surface area contributed by atoms with Gasteiger partial charge in [-0.2, -0.15) is 0 Å². The molecule has 10 aromatic carbocycles. The number of anilines is 3. The molecule has 0 bridgehead atoms. The molecule has 0 N–H and O–H groups in total. The Morgan fingerprint density at radius 2 is 0.828 bits per heavy atom. The van der Waals surface area contributed by atoms with Gasteiger partial charge in [0.2, 0.25) is 0 Å². The molecule has 0 aliphatic heterocycles. The summed E-state index contributed by atoms with van der Waals surface area (Å²) in [6, 6.07) is 82.1. The first-order valence-electron chi connectivity index (χ1n) is 21.7. The molecule has 300 valence electrons. The van der Waals surface area contributed by atoms with Crippen molar-refractivity contribution in [2.24, 2.45) is 0 Å². The first-order valence-corrected chi connectivity index (χ1v) is 21.7. The lowest BCUT2D eigenvalue weighted by molar-refractivity contribution is 0.669. The molecule has 3 aromatic heterocycles. The molecule has 3 heterocycles. The summed E-state index contributed by atoms with van der Waals surface area (Å²) < 4.78 is 15.7. The van der Waals surface area contributed by atoms with Gasteiger partial charge in [-0.25, -0.2) is 0 Å². The zero-order valence-corrected chi connectivity index (χ0v) is 34.7. The summed E-state index contributed by atoms with van der Waals surface area (Å²) in [5, 5.41) is 6.85. The molecule has 13 aromatic rings. The van der Waals surface area contributed by atoms with Crippen LogP contribution in [-0.2, 0) is 0 Å². The van der Waals surface area contributed by atoms with Gasteiger partial charge in [0.15, 0.2) is 0 Å². The number of nitrogens with zero attached hydrogens (tertiary/aromatic N) is 2. The van der Waals surface area contributed by atoms with Crippen molar-refractivity contribution in [3.8, 4) is 39.1 Å². The van der Waals surface area contributed by atoms with Gasteiger partial charge in [-0.3, -0.25) is 0 Å². The van der Waals surface area contributed by atoms with Crippen molar-refractivity contribution in [2.75, 3.05) is 4.90 Å². The van der Waals surface area contributed by atoms with Gasteiger partial charge in [-0.15, -0.1) is 0 Å². The Morgan fingerprint density at radius 3 is 1.53 bits per heavy atom. The van der Waals surface area contributed by atoms with Crippen LogP contribution < -0.4 is 4.90 Å². The second-order valence-electron chi connectivity index (χ2n) is 16.5.